The van der Waals surface area contributed by atoms with E-state index >= 15 is 0 Å². The van der Waals surface area contributed by atoms with Gasteiger partial charge in [-0.2, -0.15) is 0 Å². The summed E-state index contributed by atoms with van der Waals surface area (Å²) >= 11 is 0. The van der Waals surface area contributed by atoms with Gasteiger partial charge >= 0.3 is 0 Å². The van der Waals surface area contributed by atoms with Crippen molar-refractivity contribution in [2.24, 2.45) is 0 Å². The first kappa shape index (κ1) is 20.5. The number of allylic oxidation sites excluding steroid dienone is 1. The minimum Gasteiger partial charge on any atom is -0.490 e. The van der Waals surface area contributed by atoms with Crippen LogP contribution in [0.15, 0.2) is 54.1 Å². The zero-order chi connectivity index (χ0) is 19.6. The van der Waals surface area contributed by atoms with Crippen LogP contribution in [0.4, 0.5) is 0 Å². The number of nitrogens with one attached hydrogen (secondary N) is 1. The summed E-state index contributed by atoms with van der Waals surface area (Å²) in [5.41, 5.74) is 5.29. The third-order valence-electron chi connectivity index (χ3n) is 5.29. The van der Waals surface area contributed by atoms with Crippen LogP contribution in [-0.2, 0) is 13.2 Å². The maximum Gasteiger partial charge on any atom is 0.161 e. The van der Waals surface area contributed by atoms with Gasteiger partial charge in [-0.3, -0.25) is 0 Å². The lowest BCUT2D eigenvalue weighted by Crippen LogP contribution is -2.15. The quantitative estimate of drug-likeness (QED) is 0.408. The lowest BCUT2D eigenvalue weighted by Gasteiger charge is -2.15. The van der Waals surface area contributed by atoms with E-state index in [0.29, 0.717) is 13.2 Å². The average molecular weight is 380 g/mol. The molecule has 0 radical (unpaired) electrons. The topological polar surface area (TPSA) is 30.5 Å². The molecular formula is C25H33NO2. The van der Waals surface area contributed by atoms with Crippen LogP contribution in [0, 0.1) is 6.92 Å². The molecular weight excluding hydrogens is 346 g/mol. The van der Waals surface area contributed by atoms with E-state index in [1.54, 1.807) is 5.57 Å². The van der Waals surface area contributed by atoms with Gasteiger partial charge in [0.15, 0.2) is 11.5 Å². The third-order valence-corrected chi connectivity index (χ3v) is 5.29. The smallest absolute Gasteiger partial charge is 0.161 e. The molecule has 0 bridgehead atoms. The molecule has 2 aromatic rings. The number of aryl methyl sites for hydroxylation is 1. The van der Waals surface area contributed by atoms with Crippen LogP contribution in [0.25, 0.3) is 0 Å². The highest BCUT2D eigenvalue weighted by atomic mass is 16.5. The summed E-state index contributed by atoms with van der Waals surface area (Å²) in [5.74, 6) is 1.63. The summed E-state index contributed by atoms with van der Waals surface area (Å²) in [6.07, 6.45) is 8.85. The Morgan fingerprint density at radius 1 is 1.00 bits per heavy atom. The van der Waals surface area contributed by atoms with Crippen LogP contribution in [0.5, 0.6) is 11.5 Å². The summed E-state index contributed by atoms with van der Waals surface area (Å²) in [4.78, 5) is 0. The van der Waals surface area contributed by atoms with Gasteiger partial charge in [0, 0.05) is 6.54 Å². The largest absolute Gasteiger partial charge is 0.490 e. The molecule has 3 heteroatoms. The van der Waals surface area contributed by atoms with Gasteiger partial charge in [0.05, 0.1) is 6.61 Å². The molecule has 28 heavy (non-hydrogen) atoms. The first-order chi connectivity index (χ1) is 13.8. The molecule has 0 saturated heterocycles. The van der Waals surface area contributed by atoms with Crippen LogP contribution in [0.2, 0.25) is 0 Å². The molecule has 1 aliphatic rings. The predicted molar refractivity (Wildman–Crippen MR) is 116 cm³/mol. The number of ether oxygens (including phenoxy) is 2. The average Bonchev–Trinajstić information content (AvgIpc) is 2.73. The second-order valence-electron chi connectivity index (χ2n) is 7.46. The SMILES string of the molecule is CCOc1cc(CNCCC2=CCCCC2)ccc1OCc1ccccc1C. The van der Waals surface area contributed by atoms with Gasteiger partial charge in [-0.1, -0.05) is 42.0 Å². The summed E-state index contributed by atoms with van der Waals surface area (Å²) < 4.78 is 11.9. The molecule has 3 nitrogen and oxygen atoms in total. The molecule has 0 amide bonds. The third kappa shape index (κ3) is 6.13. The fourth-order valence-corrected chi connectivity index (χ4v) is 3.59. The van der Waals surface area contributed by atoms with Crippen molar-refractivity contribution in [3.05, 3.63) is 70.8 Å². The number of rotatable bonds is 10. The first-order valence-electron chi connectivity index (χ1n) is 10.6. The molecule has 150 valence electrons. The van der Waals surface area contributed by atoms with E-state index in [4.69, 9.17) is 9.47 Å². The zero-order valence-electron chi connectivity index (χ0n) is 17.3. The normalized spacial score (nSPS) is 13.9. The van der Waals surface area contributed by atoms with Crippen molar-refractivity contribution in [2.75, 3.05) is 13.2 Å². The summed E-state index contributed by atoms with van der Waals surface area (Å²) in [5, 5.41) is 3.57. The Hall–Kier alpha value is -2.26. The minimum absolute atomic E-state index is 0.555. The molecule has 1 aliphatic carbocycles. The highest BCUT2D eigenvalue weighted by molar-refractivity contribution is 5.43. The van der Waals surface area contributed by atoms with E-state index in [1.165, 1.54) is 42.4 Å². The molecule has 0 fully saturated rings. The van der Waals surface area contributed by atoms with Crippen molar-refractivity contribution in [2.45, 2.75) is 59.1 Å². The highest BCUT2D eigenvalue weighted by Gasteiger charge is 2.08. The van der Waals surface area contributed by atoms with Gasteiger partial charge < -0.3 is 14.8 Å². The second kappa shape index (κ2) is 10.9. The molecule has 0 aromatic heterocycles. The van der Waals surface area contributed by atoms with Gasteiger partial charge in [-0.25, -0.2) is 0 Å². The zero-order valence-corrected chi connectivity index (χ0v) is 17.3. The van der Waals surface area contributed by atoms with Crippen molar-refractivity contribution in [3.63, 3.8) is 0 Å². The van der Waals surface area contributed by atoms with Crippen molar-refractivity contribution in [1.82, 2.24) is 5.32 Å². The van der Waals surface area contributed by atoms with Crippen molar-refractivity contribution < 1.29 is 9.47 Å². The summed E-state index contributed by atoms with van der Waals surface area (Å²) in [6, 6.07) is 14.6. The van der Waals surface area contributed by atoms with Crippen LogP contribution >= 0.6 is 0 Å². The Bertz CT molecular complexity index is 782. The highest BCUT2D eigenvalue weighted by Crippen LogP contribution is 2.29. The Kier molecular flexibility index (Phi) is 7.98. The molecule has 0 unspecified atom stereocenters. The van der Waals surface area contributed by atoms with Gasteiger partial charge in [0.25, 0.3) is 0 Å². The van der Waals surface area contributed by atoms with Crippen LogP contribution < -0.4 is 14.8 Å². The molecule has 0 spiro atoms. The van der Waals surface area contributed by atoms with Crippen LogP contribution in [0.3, 0.4) is 0 Å². The van der Waals surface area contributed by atoms with E-state index in [9.17, 15) is 0 Å². The van der Waals surface area contributed by atoms with Crippen molar-refractivity contribution >= 4 is 0 Å². The van der Waals surface area contributed by atoms with Gasteiger partial charge in [0.2, 0.25) is 0 Å². The van der Waals surface area contributed by atoms with Crippen LogP contribution in [0.1, 0.15) is 55.7 Å². The van der Waals surface area contributed by atoms with E-state index in [0.717, 1.165) is 31.0 Å². The Balaban J connectivity index is 1.54. The lowest BCUT2D eigenvalue weighted by molar-refractivity contribution is 0.268. The monoisotopic (exact) mass is 379 g/mol. The fraction of sp³-hybridized carbons (Fsp3) is 0.440. The van der Waals surface area contributed by atoms with Gasteiger partial charge in [-0.15, -0.1) is 0 Å². The van der Waals surface area contributed by atoms with E-state index in [1.807, 2.05) is 19.1 Å². The maximum atomic E-state index is 6.06. The minimum atomic E-state index is 0.555. The van der Waals surface area contributed by atoms with Crippen LogP contribution in [-0.4, -0.2) is 13.2 Å². The first-order valence-corrected chi connectivity index (χ1v) is 10.6. The van der Waals surface area contributed by atoms with Gasteiger partial charge in [-0.05, 0) is 81.3 Å². The second-order valence-corrected chi connectivity index (χ2v) is 7.46. The molecule has 1 N–H and O–H groups in total. The summed E-state index contributed by atoms with van der Waals surface area (Å²) in [6.45, 7) is 7.19. The Morgan fingerprint density at radius 3 is 2.68 bits per heavy atom. The molecule has 0 aliphatic heterocycles. The number of benzene rings is 2. The Morgan fingerprint density at radius 2 is 1.89 bits per heavy atom. The Labute approximate surface area is 169 Å². The summed E-state index contributed by atoms with van der Waals surface area (Å²) in [7, 11) is 0. The van der Waals surface area contributed by atoms with E-state index in [2.05, 4.69) is 48.6 Å². The maximum absolute atomic E-state index is 6.06. The number of hydrogen-bond donors (Lipinski definition) is 1. The van der Waals surface area contributed by atoms with E-state index in [-0.39, 0.29) is 0 Å². The molecule has 3 rings (SSSR count). The lowest BCUT2D eigenvalue weighted by atomic mass is 9.97. The van der Waals surface area contributed by atoms with E-state index < -0.39 is 0 Å². The van der Waals surface area contributed by atoms with Crippen molar-refractivity contribution in [3.8, 4) is 11.5 Å². The molecule has 0 heterocycles. The molecule has 0 saturated carbocycles. The fourth-order valence-electron chi connectivity index (χ4n) is 3.59. The molecule has 0 atom stereocenters. The molecule has 2 aromatic carbocycles. The van der Waals surface area contributed by atoms with Crippen molar-refractivity contribution in [1.29, 1.82) is 0 Å². The standard InChI is InChI=1S/C25H33NO2/c1-3-27-25-17-22(18-26-16-15-21-10-5-4-6-11-21)13-14-24(25)28-19-23-12-8-7-9-20(23)2/h7-10,12-14,17,26H,3-6,11,15-16,18-19H2,1-2H3. The predicted octanol–water partition coefficient (Wildman–Crippen LogP) is 5.95. The van der Waals surface area contributed by atoms with Gasteiger partial charge in [0.1, 0.15) is 6.61 Å². The number of hydrogen-bond acceptors (Lipinski definition) is 3.